The fourth-order valence-electron chi connectivity index (χ4n) is 1.63. The van der Waals surface area contributed by atoms with Gasteiger partial charge in [-0.3, -0.25) is 9.79 Å². The van der Waals surface area contributed by atoms with E-state index < -0.39 is 13.8 Å². The number of aryl methyl sites for hydroxylation is 1. The summed E-state index contributed by atoms with van der Waals surface area (Å²) in [5.41, 5.74) is 0.612. The molecule has 0 aliphatic heterocycles. The standard InChI is InChI=1S/C11H15O6P/c1-6(2)8-5-4-7(3)9(11(12)13)10(8)17-18(14,15)16/h4-6H,1-3H3,(H,12,13)(H2,14,15,16). The van der Waals surface area contributed by atoms with Crippen molar-refractivity contribution in [2.75, 3.05) is 0 Å². The third-order valence-corrected chi connectivity index (χ3v) is 2.86. The Morgan fingerprint density at radius 1 is 1.33 bits per heavy atom. The van der Waals surface area contributed by atoms with Gasteiger partial charge < -0.3 is 9.63 Å². The first-order chi connectivity index (χ1) is 8.13. The topological polar surface area (TPSA) is 104 Å². The van der Waals surface area contributed by atoms with E-state index >= 15 is 0 Å². The van der Waals surface area contributed by atoms with E-state index in [-0.39, 0.29) is 17.2 Å². The number of carboxylic acids is 1. The Morgan fingerprint density at radius 2 is 1.89 bits per heavy atom. The predicted molar refractivity (Wildman–Crippen MR) is 64.9 cm³/mol. The van der Waals surface area contributed by atoms with Crippen molar-refractivity contribution in [2.24, 2.45) is 0 Å². The van der Waals surface area contributed by atoms with Gasteiger partial charge in [-0.25, -0.2) is 9.36 Å². The van der Waals surface area contributed by atoms with E-state index in [0.29, 0.717) is 11.1 Å². The molecule has 0 aliphatic rings. The van der Waals surface area contributed by atoms with Crippen LogP contribution < -0.4 is 4.52 Å². The Labute approximate surface area is 104 Å². The van der Waals surface area contributed by atoms with Crippen LogP contribution in [0.3, 0.4) is 0 Å². The predicted octanol–water partition coefficient (Wildman–Crippen LogP) is 2.29. The van der Waals surface area contributed by atoms with E-state index in [9.17, 15) is 9.36 Å². The molecule has 0 atom stereocenters. The maximum absolute atomic E-state index is 11.2. The fourth-order valence-corrected chi connectivity index (χ4v) is 2.07. The molecule has 0 aromatic heterocycles. The number of carboxylic acid groups (broad SMARTS) is 1. The number of benzene rings is 1. The molecule has 1 rings (SSSR count). The molecule has 1 aromatic rings. The maximum Gasteiger partial charge on any atom is 0.524 e. The van der Waals surface area contributed by atoms with Crippen molar-refractivity contribution < 1.29 is 28.8 Å². The van der Waals surface area contributed by atoms with Crippen LogP contribution in [0.25, 0.3) is 0 Å². The lowest BCUT2D eigenvalue weighted by Crippen LogP contribution is -2.07. The van der Waals surface area contributed by atoms with Gasteiger partial charge in [0.25, 0.3) is 0 Å². The largest absolute Gasteiger partial charge is 0.524 e. The maximum atomic E-state index is 11.2. The van der Waals surface area contributed by atoms with Gasteiger partial charge in [0.2, 0.25) is 0 Å². The summed E-state index contributed by atoms with van der Waals surface area (Å²) < 4.78 is 15.5. The van der Waals surface area contributed by atoms with Gasteiger partial charge in [-0.05, 0) is 24.0 Å². The van der Waals surface area contributed by atoms with Crippen LogP contribution in [0.4, 0.5) is 0 Å². The number of phosphoric acid groups is 1. The van der Waals surface area contributed by atoms with Gasteiger partial charge in [-0.15, -0.1) is 0 Å². The van der Waals surface area contributed by atoms with Gasteiger partial charge in [0.15, 0.2) is 0 Å². The summed E-state index contributed by atoms with van der Waals surface area (Å²) in [6.45, 7) is 5.10. The number of phosphoric ester groups is 1. The van der Waals surface area contributed by atoms with E-state index in [2.05, 4.69) is 4.52 Å². The molecule has 18 heavy (non-hydrogen) atoms. The summed E-state index contributed by atoms with van der Waals surface area (Å²) in [7, 11) is -4.80. The normalized spacial score (nSPS) is 11.7. The fraction of sp³-hybridized carbons (Fsp3) is 0.364. The molecule has 0 radical (unpaired) electrons. The van der Waals surface area contributed by atoms with Crippen LogP contribution in [0.2, 0.25) is 0 Å². The minimum Gasteiger partial charge on any atom is -0.478 e. The molecular weight excluding hydrogens is 259 g/mol. The molecule has 1 aromatic carbocycles. The van der Waals surface area contributed by atoms with Crippen LogP contribution in [-0.4, -0.2) is 20.9 Å². The Morgan fingerprint density at radius 3 is 2.28 bits per heavy atom. The lowest BCUT2D eigenvalue weighted by atomic mass is 9.96. The second-order valence-electron chi connectivity index (χ2n) is 4.22. The molecule has 7 heteroatoms. The minimum absolute atomic E-state index is 0.120. The van der Waals surface area contributed by atoms with Gasteiger partial charge in [0, 0.05) is 0 Å². The Balaban J connectivity index is 3.53. The first-order valence-corrected chi connectivity index (χ1v) is 6.78. The van der Waals surface area contributed by atoms with Crippen LogP contribution in [0, 0.1) is 6.92 Å². The van der Waals surface area contributed by atoms with Crippen LogP contribution in [0.5, 0.6) is 5.75 Å². The highest BCUT2D eigenvalue weighted by atomic mass is 31.2. The molecule has 0 saturated heterocycles. The van der Waals surface area contributed by atoms with Gasteiger partial charge in [-0.1, -0.05) is 26.0 Å². The van der Waals surface area contributed by atoms with Crippen LogP contribution in [0.15, 0.2) is 12.1 Å². The zero-order valence-corrected chi connectivity index (χ0v) is 11.1. The highest BCUT2D eigenvalue weighted by molar-refractivity contribution is 7.46. The Bertz CT molecular complexity index is 517. The molecule has 100 valence electrons. The summed E-state index contributed by atoms with van der Waals surface area (Å²) in [4.78, 5) is 28.9. The zero-order valence-electron chi connectivity index (χ0n) is 10.2. The van der Waals surface area contributed by atoms with E-state index in [0.717, 1.165) is 0 Å². The molecule has 6 nitrogen and oxygen atoms in total. The van der Waals surface area contributed by atoms with Crippen molar-refractivity contribution in [2.45, 2.75) is 26.7 Å². The third-order valence-electron chi connectivity index (χ3n) is 2.44. The first-order valence-electron chi connectivity index (χ1n) is 5.25. The highest BCUT2D eigenvalue weighted by Crippen LogP contribution is 2.43. The van der Waals surface area contributed by atoms with Crippen molar-refractivity contribution in [3.05, 3.63) is 28.8 Å². The highest BCUT2D eigenvalue weighted by Gasteiger charge is 2.26. The minimum atomic E-state index is -4.80. The molecule has 0 amide bonds. The third kappa shape index (κ3) is 3.32. The molecule has 3 N–H and O–H groups in total. The molecule has 0 heterocycles. The van der Waals surface area contributed by atoms with Crippen molar-refractivity contribution in [1.82, 2.24) is 0 Å². The quantitative estimate of drug-likeness (QED) is 0.728. The molecular formula is C11H15O6P. The van der Waals surface area contributed by atoms with E-state index in [1.807, 2.05) is 0 Å². The summed E-state index contributed by atoms with van der Waals surface area (Å²) in [6.07, 6.45) is 0. The summed E-state index contributed by atoms with van der Waals surface area (Å²) in [5.74, 6) is -1.66. The second-order valence-corrected chi connectivity index (χ2v) is 5.38. The summed E-state index contributed by atoms with van der Waals surface area (Å²) in [6, 6.07) is 3.20. The van der Waals surface area contributed by atoms with Gasteiger partial charge in [0.1, 0.15) is 11.3 Å². The molecule has 0 spiro atoms. The van der Waals surface area contributed by atoms with Crippen LogP contribution in [-0.2, 0) is 4.57 Å². The van der Waals surface area contributed by atoms with Crippen molar-refractivity contribution >= 4 is 13.8 Å². The zero-order chi connectivity index (χ0) is 14.1. The van der Waals surface area contributed by atoms with Gasteiger partial charge in [0.05, 0.1) is 0 Å². The lowest BCUT2D eigenvalue weighted by molar-refractivity contribution is 0.0693. The average Bonchev–Trinajstić information content (AvgIpc) is 2.13. The van der Waals surface area contributed by atoms with Gasteiger partial charge >= 0.3 is 13.8 Å². The molecule has 0 unspecified atom stereocenters. The van der Waals surface area contributed by atoms with Crippen LogP contribution in [0.1, 0.15) is 41.3 Å². The van der Waals surface area contributed by atoms with Gasteiger partial charge in [-0.2, -0.15) is 0 Å². The molecule has 0 aliphatic carbocycles. The average molecular weight is 274 g/mol. The monoisotopic (exact) mass is 274 g/mol. The summed E-state index contributed by atoms with van der Waals surface area (Å²) in [5, 5.41) is 9.12. The smallest absolute Gasteiger partial charge is 0.478 e. The van der Waals surface area contributed by atoms with E-state index in [1.54, 1.807) is 32.9 Å². The summed E-state index contributed by atoms with van der Waals surface area (Å²) >= 11 is 0. The van der Waals surface area contributed by atoms with Crippen LogP contribution >= 0.6 is 7.82 Å². The number of rotatable bonds is 4. The Kier molecular flexibility index (Phi) is 4.16. The SMILES string of the molecule is Cc1ccc(C(C)C)c(OP(=O)(O)O)c1C(=O)O. The number of aromatic carboxylic acids is 1. The molecule has 0 fully saturated rings. The van der Waals surface area contributed by atoms with Crippen molar-refractivity contribution in [3.63, 3.8) is 0 Å². The number of hydrogen-bond acceptors (Lipinski definition) is 3. The number of carbonyl (C=O) groups is 1. The lowest BCUT2D eigenvalue weighted by Gasteiger charge is -2.17. The Hall–Kier alpha value is -1.36. The number of hydrogen-bond donors (Lipinski definition) is 3. The second kappa shape index (κ2) is 5.10. The van der Waals surface area contributed by atoms with E-state index in [1.165, 1.54) is 0 Å². The molecule has 0 saturated carbocycles. The van der Waals surface area contributed by atoms with E-state index in [4.69, 9.17) is 14.9 Å². The van der Waals surface area contributed by atoms with Crippen molar-refractivity contribution in [3.8, 4) is 5.75 Å². The van der Waals surface area contributed by atoms with Crippen molar-refractivity contribution in [1.29, 1.82) is 0 Å². The first kappa shape index (κ1) is 14.7. The molecule has 0 bridgehead atoms.